The van der Waals surface area contributed by atoms with E-state index >= 15 is 0 Å². The highest BCUT2D eigenvalue weighted by atomic mass is 16.6. The number of carbonyl (C=O) groups excluding carboxylic acids is 3. The first-order valence-electron chi connectivity index (χ1n) is 35.0. The smallest absolute Gasteiger partial charge is 0.306 e. The van der Waals surface area contributed by atoms with E-state index in [1.807, 2.05) is 0 Å². The molecular weight excluding hydrogens is 1020 g/mol. The van der Waals surface area contributed by atoms with Gasteiger partial charge in [0, 0.05) is 19.3 Å². The summed E-state index contributed by atoms with van der Waals surface area (Å²) in [6, 6.07) is 0. The summed E-state index contributed by atoms with van der Waals surface area (Å²) in [4.78, 5) is 38.4. The van der Waals surface area contributed by atoms with Gasteiger partial charge in [0.15, 0.2) is 6.10 Å². The Kier molecular flexibility index (Phi) is 66.7. The van der Waals surface area contributed by atoms with E-state index in [9.17, 15) is 14.4 Å². The van der Waals surface area contributed by atoms with Crippen molar-refractivity contribution in [1.29, 1.82) is 0 Å². The lowest BCUT2D eigenvalue weighted by Crippen LogP contribution is -2.30. The number of carbonyl (C=O) groups is 3. The molecule has 0 aromatic carbocycles. The van der Waals surface area contributed by atoms with Crippen LogP contribution in [0.2, 0.25) is 0 Å². The summed E-state index contributed by atoms with van der Waals surface area (Å²) in [6.45, 7) is 6.51. The SMILES string of the molecule is CC/C=C\C/C=C\C/C=C\C/C=C\C/C=C\C/C=C\C/C=C\CCCCCCCCCCCC(=O)OCC(COC(=O)CCCCCCC/C=C\CCCCCC)OC(=O)CCCCCCCCCCC/C=C\C/C=C\CCCCCCC. The molecule has 0 aliphatic rings. The number of rotatable bonds is 63. The molecule has 0 spiro atoms. The van der Waals surface area contributed by atoms with E-state index < -0.39 is 6.10 Å². The molecule has 0 fully saturated rings. The first-order valence-corrected chi connectivity index (χ1v) is 35.0. The molecule has 1 unspecified atom stereocenters. The molecule has 0 saturated heterocycles. The number of ether oxygens (including phenoxy) is 3. The Morgan fingerprint density at radius 3 is 0.759 bits per heavy atom. The lowest BCUT2D eigenvalue weighted by Gasteiger charge is -2.18. The van der Waals surface area contributed by atoms with Crippen LogP contribution in [-0.4, -0.2) is 37.2 Å². The molecule has 83 heavy (non-hydrogen) atoms. The highest BCUT2D eigenvalue weighted by Gasteiger charge is 2.19. The fraction of sp³-hybridized carbons (Fsp3) is 0.701. The fourth-order valence-corrected chi connectivity index (χ4v) is 9.68. The number of unbranched alkanes of at least 4 members (excludes halogenated alkanes) is 32. The van der Waals surface area contributed by atoms with Crippen molar-refractivity contribution in [3.05, 3.63) is 122 Å². The van der Waals surface area contributed by atoms with Gasteiger partial charge in [-0.05, 0) is 135 Å². The second-order valence-electron chi connectivity index (χ2n) is 23.1. The number of esters is 3. The van der Waals surface area contributed by atoms with Crippen molar-refractivity contribution in [2.75, 3.05) is 13.2 Å². The second kappa shape index (κ2) is 70.3. The minimum Gasteiger partial charge on any atom is -0.462 e. The van der Waals surface area contributed by atoms with Crippen LogP contribution in [0.5, 0.6) is 0 Å². The minimum atomic E-state index is -0.790. The number of allylic oxidation sites excluding steroid dienone is 20. The van der Waals surface area contributed by atoms with Gasteiger partial charge in [-0.3, -0.25) is 14.4 Å². The van der Waals surface area contributed by atoms with Crippen LogP contribution in [0.3, 0.4) is 0 Å². The van der Waals surface area contributed by atoms with Gasteiger partial charge in [-0.25, -0.2) is 0 Å². The van der Waals surface area contributed by atoms with E-state index in [4.69, 9.17) is 14.2 Å². The van der Waals surface area contributed by atoms with Crippen molar-refractivity contribution in [2.24, 2.45) is 0 Å². The molecule has 0 aliphatic heterocycles. The van der Waals surface area contributed by atoms with Crippen molar-refractivity contribution in [2.45, 2.75) is 335 Å². The molecule has 0 heterocycles. The maximum Gasteiger partial charge on any atom is 0.306 e. The van der Waals surface area contributed by atoms with Crippen LogP contribution < -0.4 is 0 Å². The van der Waals surface area contributed by atoms with E-state index in [-0.39, 0.29) is 31.1 Å². The van der Waals surface area contributed by atoms with Crippen LogP contribution in [0.1, 0.15) is 329 Å². The quantitative estimate of drug-likeness (QED) is 0.0261. The molecule has 0 radical (unpaired) electrons. The van der Waals surface area contributed by atoms with Crippen LogP contribution in [0.4, 0.5) is 0 Å². The van der Waals surface area contributed by atoms with Gasteiger partial charge in [0.05, 0.1) is 0 Å². The fourth-order valence-electron chi connectivity index (χ4n) is 9.68. The van der Waals surface area contributed by atoms with E-state index in [1.165, 1.54) is 167 Å². The van der Waals surface area contributed by atoms with Gasteiger partial charge >= 0.3 is 17.9 Å². The first-order chi connectivity index (χ1) is 41.0. The summed E-state index contributed by atoms with van der Waals surface area (Å²) in [5.41, 5.74) is 0. The molecule has 0 N–H and O–H groups in total. The molecule has 6 heteroatoms. The van der Waals surface area contributed by atoms with E-state index in [1.54, 1.807) is 0 Å². The van der Waals surface area contributed by atoms with Crippen LogP contribution in [0.25, 0.3) is 0 Å². The standard InChI is InChI=1S/C77H130O6/c1-4-7-10-13-16-19-22-25-27-29-31-33-34-35-36-37-38-39-40-41-42-44-45-47-49-52-55-58-61-64-67-70-76(79)82-73-74(72-81-75(78)69-66-63-60-57-54-51-24-21-18-15-12-9-6-3)83-77(80)71-68-65-62-59-56-53-50-48-46-43-32-30-28-26-23-20-17-14-11-8-5-2/h7,10,16,19,21,23-27,30-33,35-36,38-39,41-42,74H,4-6,8-9,11-15,17-18,20,22,28-29,34,37,40,43-73H2,1-3H3/b10-7-,19-16-,24-21-,26-23-,27-25-,32-30-,33-31-,36-35-,39-38-,42-41-. The number of hydrogen-bond donors (Lipinski definition) is 0. The molecule has 0 aromatic heterocycles. The van der Waals surface area contributed by atoms with Crippen molar-refractivity contribution < 1.29 is 28.6 Å². The maximum absolute atomic E-state index is 12.9. The van der Waals surface area contributed by atoms with Gasteiger partial charge in [0.25, 0.3) is 0 Å². The Labute approximate surface area is 513 Å². The Balaban J connectivity index is 4.31. The first kappa shape index (κ1) is 78.8. The third-order valence-corrected chi connectivity index (χ3v) is 14.9. The molecule has 6 nitrogen and oxygen atoms in total. The van der Waals surface area contributed by atoms with Gasteiger partial charge in [-0.1, -0.05) is 296 Å². The molecule has 0 saturated carbocycles. The average Bonchev–Trinajstić information content (AvgIpc) is 3.49. The van der Waals surface area contributed by atoms with Gasteiger partial charge < -0.3 is 14.2 Å². The van der Waals surface area contributed by atoms with Crippen LogP contribution in [0, 0.1) is 0 Å². The third kappa shape index (κ3) is 68.5. The summed E-state index contributed by atoms with van der Waals surface area (Å²) in [6.07, 6.45) is 97.8. The topological polar surface area (TPSA) is 78.9 Å². The monoisotopic (exact) mass is 1150 g/mol. The van der Waals surface area contributed by atoms with Crippen LogP contribution in [0.15, 0.2) is 122 Å². The van der Waals surface area contributed by atoms with Crippen molar-refractivity contribution in [3.63, 3.8) is 0 Å². The lowest BCUT2D eigenvalue weighted by atomic mass is 10.1. The zero-order valence-electron chi connectivity index (χ0n) is 54.4. The Hall–Kier alpha value is -4.19. The van der Waals surface area contributed by atoms with Crippen LogP contribution in [-0.2, 0) is 28.6 Å². The normalized spacial score (nSPS) is 12.9. The van der Waals surface area contributed by atoms with Gasteiger partial charge in [0.1, 0.15) is 13.2 Å². The summed E-state index contributed by atoms with van der Waals surface area (Å²) < 4.78 is 17.0. The highest BCUT2D eigenvalue weighted by Crippen LogP contribution is 2.16. The molecule has 474 valence electrons. The molecule has 0 aliphatic carbocycles. The minimum absolute atomic E-state index is 0.0860. The van der Waals surface area contributed by atoms with Crippen LogP contribution >= 0.6 is 0 Å². The molecule has 0 bridgehead atoms. The molecular formula is C77H130O6. The third-order valence-electron chi connectivity index (χ3n) is 14.9. The van der Waals surface area contributed by atoms with Gasteiger partial charge in [-0.2, -0.15) is 0 Å². The largest absolute Gasteiger partial charge is 0.462 e. The lowest BCUT2D eigenvalue weighted by molar-refractivity contribution is -0.167. The maximum atomic E-state index is 12.9. The molecule has 0 aromatic rings. The van der Waals surface area contributed by atoms with E-state index in [0.717, 1.165) is 122 Å². The Bertz CT molecular complexity index is 1700. The van der Waals surface area contributed by atoms with Crippen molar-refractivity contribution in [1.82, 2.24) is 0 Å². The summed E-state index contributed by atoms with van der Waals surface area (Å²) >= 11 is 0. The Morgan fingerprint density at radius 1 is 0.253 bits per heavy atom. The summed E-state index contributed by atoms with van der Waals surface area (Å²) in [5.74, 6) is -0.895. The second-order valence-corrected chi connectivity index (χ2v) is 23.1. The highest BCUT2D eigenvalue weighted by molar-refractivity contribution is 5.71. The van der Waals surface area contributed by atoms with E-state index in [2.05, 4.69) is 142 Å². The Morgan fingerprint density at radius 2 is 0.470 bits per heavy atom. The molecule has 0 rings (SSSR count). The predicted molar refractivity (Wildman–Crippen MR) is 362 cm³/mol. The van der Waals surface area contributed by atoms with Gasteiger partial charge in [0.2, 0.25) is 0 Å². The van der Waals surface area contributed by atoms with Crippen molar-refractivity contribution in [3.8, 4) is 0 Å². The zero-order chi connectivity index (χ0) is 59.9. The average molecular weight is 1150 g/mol. The van der Waals surface area contributed by atoms with E-state index in [0.29, 0.717) is 19.3 Å². The number of hydrogen-bond acceptors (Lipinski definition) is 6. The molecule has 0 amide bonds. The van der Waals surface area contributed by atoms with Gasteiger partial charge in [-0.15, -0.1) is 0 Å². The zero-order valence-corrected chi connectivity index (χ0v) is 54.4. The van der Waals surface area contributed by atoms with Crippen molar-refractivity contribution >= 4 is 17.9 Å². The summed E-state index contributed by atoms with van der Waals surface area (Å²) in [5, 5.41) is 0. The summed E-state index contributed by atoms with van der Waals surface area (Å²) in [7, 11) is 0. The molecule has 1 atom stereocenters. The predicted octanol–water partition coefficient (Wildman–Crippen LogP) is 24.3.